The van der Waals surface area contributed by atoms with Crippen molar-refractivity contribution >= 4 is 29.2 Å². The number of carboxylic acid groups (broad SMARTS) is 1. The Kier molecular flexibility index (Phi) is 8.92. The second kappa shape index (κ2) is 11.9. The van der Waals surface area contributed by atoms with Crippen LogP contribution in [-0.4, -0.2) is 65.7 Å². The second-order valence-corrected chi connectivity index (χ2v) is 10.6. The first-order valence-corrected chi connectivity index (χ1v) is 13.1. The third-order valence-electron chi connectivity index (χ3n) is 7.40. The second-order valence-electron chi connectivity index (χ2n) is 9.80. The van der Waals surface area contributed by atoms with Crippen molar-refractivity contribution in [2.75, 3.05) is 32.7 Å². The van der Waals surface area contributed by atoms with Crippen molar-refractivity contribution in [3.63, 3.8) is 0 Å². The molecule has 0 bridgehead atoms. The summed E-state index contributed by atoms with van der Waals surface area (Å²) < 4.78 is 19.4. The molecule has 2 saturated heterocycles. The smallest absolute Gasteiger partial charge is 0.321 e. The van der Waals surface area contributed by atoms with Gasteiger partial charge >= 0.3 is 5.97 Å². The van der Waals surface area contributed by atoms with Crippen molar-refractivity contribution in [3.8, 4) is 5.75 Å². The van der Waals surface area contributed by atoms with E-state index < -0.39 is 12.0 Å². The van der Waals surface area contributed by atoms with E-state index in [1.54, 1.807) is 24.3 Å². The van der Waals surface area contributed by atoms with Gasteiger partial charge in [-0.3, -0.25) is 9.69 Å². The summed E-state index contributed by atoms with van der Waals surface area (Å²) in [4.78, 5) is 16.7. The molecule has 8 heteroatoms. The van der Waals surface area contributed by atoms with Crippen LogP contribution < -0.4 is 4.74 Å². The van der Waals surface area contributed by atoms with Crippen molar-refractivity contribution in [2.24, 2.45) is 5.92 Å². The number of aliphatic carboxylic acids is 1. The average Bonchev–Trinajstić information content (AvgIpc) is 2.83. The third-order valence-corrected chi connectivity index (χ3v) is 7.93. The summed E-state index contributed by atoms with van der Waals surface area (Å²) in [5.41, 5.74) is 0.853. The SMILES string of the molecule is CC(c1ccc(F)cc1)[C@@H](C(=O)O)N1CCC(CN2CCC(Oc3ccc(Cl)cc3Cl)CC2)CC1. The lowest BCUT2D eigenvalue weighted by Gasteiger charge is -2.40. The molecule has 2 aliphatic rings. The van der Waals surface area contributed by atoms with Gasteiger partial charge in [-0.1, -0.05) is 42.3 Å². The number of carbonyl (C=O) groups is 1. The Morgan fingerprint density at radius 1 is 1.06 bits per heavy atom. The monoisotopic (exact) mass is 522 g/mol. The van der Waals surface area contributed by atoms with Crippen LogP contribution in [0.3, 0.4) is 0 Å². The van der Waals surface area contributed by atoms with Crippen LogP contribution in [0.1, 0.15) is 44.1 Å². The summed E-state index contributed by atoms with van der Waals surface area (Å²) >= 11 is 12.2. The minimum Gasteiger partial charge on any atom is -0.489 e. The molecule has 2 aliphatic heterocycles. The summed E-state index contributed by atoms with van der Waals surface area (Å²) in [7, 11) is 0. The molecule has 0 amide bonds. The average molecular weight is 523 g/mol. The zero-order valence-electron chi connectivity index (χ0n) is 20.0. The molecule has 2 fully saturated rings. The fourth-order valence-electron chi connectivity index (χ4n) is 5.37. The Morgan fingerprint density at radius 3 is 2.31 bits per heavy atom. The van der Waals surface area contributed by atoms with Crippen LogP contribution in [0.15, 0.2) is 42.5 Å². The molecule has 5 nitrogen and oxygen atoms in total. The van der Waals surface area contributed by atoms with E-state index in [-0.39, 0.29) is 17.8 Å². The normalized spacial score (nSPS) is 20.5. The summed E-state index contributed by atoms with van der Waals surface area (Å²) in [6.07, 6.45) is 4.02. The van der Waals surface area contributed by atoms with Crippen molar-refractivity contribution in [2.45, 2.75) is 50.7 Å². The molecule has 1 unspecified atom stereocenters. The predicted octanol–water partition coefficient (Wildman–Crippen LogP) is 5.94. The van der Waals surface area contributed by atoms with Gasteiger partial charge in [0.2, 0.25) is 0 Å². The predicted molar refractivity (Wildman–Crippen MR) is 137 cm³/mol. The maximum Gasteiger partial charge on any atom is 0.321 e. The lowest BCUT2D eigenvalue weighted by Crippen LogP contribution is -2.50. The highest BCUT2D eigenvalue weighted by molar-refractivity contribution is 6.35. The Hall–Kier alpha value is -1.86. The molecule has 0 aliphatic carbocycles. The Bertz CT molecular complexity index is 990. The number of likely N-dealkylation sites (tertiary alicyclic amines) is 2. The number of carboxylic acids is 1. The molecule has 2 heterocycles. The number of nitrogens with zero attached hydrogens (tertiary/aromatic N) is 2. The fraction of sp³-hybridized carbons (Fsp3) is 0.519. The van der Waals surface area contributed by atoms with Crippen LogP contribution in [-0.2, 0) is 4.79 Å². The van der Waals surface area contributed by atoms with Crippen molar-refractivity contribution in [1.82, 2.24) is 9.80 Å². The number of halogens is 3. The molecule has 0 saturated carbocycles. The largest absolute Gasteiger partial charge is 0.489 e. The van der Waals surface area contributed by atoms with Gasteiger partial charge in [0.15, 0.2) is 0 Å². The number of hydrogen-bond donors (Lipinski definition) is 1. The Labute approximate surface area is 216 Å². The Balaban J connectivity index is 1.24. The molecule has 4 rings (SSSR count). The molecular formula is C27H33Cl2FN2O3. The van der Waals surface area contributed by atoms with Gasteiger partial charge in [0.25, 0.3) is 0 Å². The van der Waals surface area contributed by atoms with Crippen molar-refractivity contribution in [1.29, 1.82) is 0 Å². The first-order chi connectivity index (χ1) is 16.8. The number of hydrogen-bond acceptors (Lipinski definition) is 4. The molecule has 35 heavy (non-hydrogen) atoms. The van der Waals surface area contributed by atoms with Crippen LogP contribution in [0.25, 0.3) is 0 Å². The first-order valence-electron chi connectivity index (χ1n) is 12.4. The number of ether oxygens (including phenoxy) is 1. The molecule has 1 N–H and O–H groups in total. The lowest BCUT2D eigenvalue weighted by atomic mass is 9.88. The van der Waals surface area contributed by atoms with Gasteiger partial charge in [0.1, 0.15) is 23.7 Å². The van der Waals surface area contributed by atoms with Crippen molar-refractivity contribution in [3.05, 3.63) is 63.9 Å². The molecule has 2 aromatic carbocycles. The van der Waals surface area contributed by atoms with E-state index >= 15 is 0 Å². The molecule has 0 radical (unpaired) electrons. The number of rotatable bonds is 8. The summed E-state index contributed by atoms with van der Waals surface area (Å²) in [5, 5.41) is 11.1. The van der Waals surface area contributed by atoms with Crippen LogP contribution in [0, 0.1) is 11.7 Å². The van der Waals surface area contributed by atoms with Gasteiger partial charge in [-0.2, -0.15) is 0 Å². The molecule has 2 atom stereocenters. The summed E-state index contributed by atoms with van der Waals surface area (Å²) in [6, 6.07) is 10.9. The maximum atomic E-state index is 13.3. The molecule has 0 spiro atoms. The topological polar surface area (TPSA) is 53.0 Å². The van der Waals surface area contributed by atoms with E-state index in [1.165, 1.54) is 12.1 Å². The molecular weight excluding hydrogens is 490 g/mol. The van der Waals surface area contributed by atoms with Crippen LogP contribution in [0.5, 0.6) is 5.75 Å². The minimum absolute atomic E-state index is 0.149. The van der Waals surface area contributed by atoms with Crippen LogP contribution in [0.4, 0.5) is 4.39 Å². The highest BCUT2D eigenvalue weighted by atomic mass is 35.5. The van der Waals surface area contributed by atoms with Gasteiger partial charge in [-0.05, 0) is 80.6 Å². The number of benzene rings is 2. The molecule has 2 aromatic rings. The van der Waals surface area contributed by atoms with Gasteiger partial charge in [0, 0.05) is 30.6 Å². The summed E-state index contributed by atoms with van der Waals surface area (Å²) in [6.45, 7) is 6.45. The van der Waals surface area contributed by atoms with E-state index in [0.29, 0.717) is 21.7 Å². The van der Waals surface area contributed by atoms with Crippen molar-refractivity contribution < 1.29 is 19.0 Å². The standard InChI is InChI=1S/C27H33Cl2FN2O3/c1-18(20-2-5-22(30)6-3-20)26(27(33)34)32-14-8-19(9-15-32)17-31-12-10-23(11-13-31)35-25-7-4-21(28)16-24(25)29/h2-7,16,18-19,23,26H,8-15,17H2,1H3,(H,33,34)/t18?,26-/m0/s1. The van der Waals surface area contributed by atoms with Gasteiger partial charge < -0.3 is 14.7 Å². The summed E-state index contributed by atoms with van der Waals surface area (Å²) in [5.74, 6) is -0.0892. The zero-order valence-corrected chi connectivity index (χ0v) is 21.5. The van der Waals surface area contributed by atoms with E-state index in [9.17, 15) is 14.3 Å². The fourth-order valence-corrected chi connectivity index (χ4v) is 5.83. The molecule has 190 valence electrons. The first kappa shape index (κ1) is 26.2. The highest BCUT2D eigenvalue weighted by Gasteiger charge is 2.35. The lowest BCUT2D eigenvalue weighted by molar-refractivity contribution is -0.144. The van der Waals surface area contributed by atoms with E-state index in [1.807, 2.05) is 13.0 Å². The maximum absolute atomic E-state index is 13.3. The Morgan fingerprint density at radius 2 is 1.71 bits per heavy atom. The van der Waals surface area contributed by atoms with Crippen LogP contribution >= 0.6 is 23.2 Å². The van der Waals surface area contributed by atoms with Gasteiger partial charge in [-0.25, -0.2) is 4.39 Å². The quantitative estimate of drug-likeness (QED) is 0.464. The third kappa shape index (κ3) is 6.88. The van der Waals surface area contributed by atoms with E-state index in [4.69, 9.17) is 27.9 Å². The van der Waals surface area contributed by atoms with E-state index in [2.05, 4.69) is 9.80 Å². The van der Waals surface area contributed by atoms with Gasteiger partial charge in [-0.15, -0.1) is 0 Å². The molecule has 0 aromatic heterocycles. The highest BCUT2D eigenvalue weighted by Crippen LogP contribution is 2.31. The zero-order chi connectivity index (χ0) is 24.9. The number of piperidine rings is 2. The van der Waals surface area contributed by atoms with Crippen LogP contribution in [0.2, 0.25) is 10.0 Å². The van der Waals surface area contributed by atoms with Gasteiger partial charge in [0.05, 0.1) is 5.02 Å². The van der Waals surface area contributed by atoms with E-state index in [0.717, 1.165) is 64.0 Å². The minimum atomic E-state index is -0.817.